The van der Waals surface area contributed by atoms with Crippen LogP contribution in [0.1, 0.15) is 36.0 Å². The fourth-order valence-corrected chi connectivity index (χ4v) is 4.61. The molecule has 0 bridgehead atoms. The number of likely N-dealkylation sites (tertiary alicyclic amines) is 1. The van der Waals surface area contributed by atoms with Crippen molar-refractivity contribution in [2.45, 2.75) is 25.7 Å². The van der Waals surface area contributed by atoms with E-state index in [1.54, 1.807) is 7.11 Å². The van der Waals surface area contributed by atoms with E-state index < -0.39 is 0 Å². The number of benzene rings is 2. The van der Waals surface area contributed by atoms with E-state index in [9.17, 15) is 4.39 Å². The second kappa shape index (κ2) is 8.52. The monoisotopic (exact) mass is 383 g/mol. The molecular formula is C24H30FNO2. The molecule has 0 N–H and O–H groups in total. The average molecular weight is 384 g/mol. The summed E-state index contributed by atoms with van der Waals surface area (Å²) in [5.41, 5.74) is 4.18. The Balaban J connectivity index is 1.39. The number of ether oxygens (including phenoxy) is 2. The smallest absolute Gasteiger partial charge is 0.119 e. The Labute approximate surface area is 167 Å². The zero-order chi connectivity index (χ0) is 19.5. The first-order valence-corrected chi connectivity index (χ1v) is 10.4. The first-order chi connectivity index (χ1) is 13.7. The summed E-state index contributed by atoms with van der Waals surface area (Å²) in [6.07, 6.45) is 2.31. The van der Waals surface area contributed by atoms with E-state index in [0.29, 0.717) is 18.4 Å². The molecule has 2 aromatic carbocycles. The summed E-state index contributed by atoms with van der Waals surface area (Å²) in [5.74, 6) is 3.12. The zero-order valence-electron chi connectivity index (χ0n) is 16.9. The molecule has 4 rings (SSSR count). The number of aryl methyl sites for hydroxylation is 1. The summed E-state index contributed by atoms with van der Waals surface area (Å²) in [4.78, 5) is 2.24. The number of halogens is 1. The second-order valence-corrected chi connectivity index (χ2v) is 8.26. The third kappa shape index (κ3) is 4.02. The molecule has 2 aliphatic rings. The van der Waals surface area contributed by atoms with Crippen LogP contribution in [0.2, 0.25) is 0 Å². The van der Waals surface area contributed by atoms with Gasteiger partial charge in [0.15, 0.2) is 0 Å². The highest BCUT2D eigenvalue weighted by Crippen LogP contribution is 2.42. The molecule has 2 atom stereocenters. The minimum absolute atomic E-state index is 0.200. The number of nitrogens with zero attached hydrogens (tertiary/aromatic N) is 1. The molecule has 28 heavy (non-hydrogen) atoms. The van der Waals surface area contributed by atoms with Crippen LogP contribution in [-0.4, -0.2) is 44.9 Å². The van der Waals surface area contributed by atoms with Crippen molar-refractivity contribution in [3.8, 4) is 11.5 Å². The van der Waals surface area contributed by atoms with E-state index in [0.717, 1.165) is 37.6 Å². The van der Waals surface area contributed by atoms with Gasteiger partial charge in [0.2, 0.25) is 0 Å². The topological polar surface area (TPSA) is 21.7 Å². The van der Waals surface area contributed by atoms with Gasteiger partial charge in [-0.3, -0.25) is 9.29 Å². The van der Waals surface area contributed by atoms with Gasteiger partial charge in [0.1, 0.15) is 18.1 Å². The van der Waals surface area contributed by atoms with Gasteiger partial charge in [-0.05, 0) is 59.7 Å². The molecule has 0 spiro atoms. The number of fused-ring (bicyclic) bond motifs is 1. The van der Waals surface area contributed by atoms with E-state index in [1.165, 1.54) is 23.1 Å². The third-order valence-electron chi connectivity index (χ3n) is 6.29. The number of hydrogen-bond donors (Lipinski definition) is 0. The van der Waals surface area contributed by atoms with Gasteiger partial charge in [0, 0.05) is 31.5 Å². The predicted molar refractivity (Wildman–Crippen MR) is 110 cm³/mol. The second-order valence-electron chi connectivity index (χ2n) is 8.26. The SMILES string of the molecule is COc1ccc2c(c1)CC[C@H](C)[C@@H]2c1ccc(OCCN2CC(CF)C2)cc1. The Morgan fingerprint density at radius 1 is 1.07 bits per heavy atom. The van der Waals surface area contributed by atoms with Gasteiger partial charge < -0.3 is 9.47 Å². The Bertz CT molecular complexity index is 786. The maximum atomic E-state index is 12.5. The minimum atomic E-state index is -0.200. The molecule has 0 amide bonds. The maximum Gasteiger partial charge on any atom is 0.119 e. The molecular weight excluding hydrogens is 353 g/mol. The van der Waals surface area contributed by atoms with E-state index in [4.69, 9.17) is 9.47 Å². The van der Waals surface area contributed by atoms with E-state index in [-0.39, 0.29) is 12.6 Å². The molecule has 2 aromatic rings. The van der Waals surface area contributed by atoms with Gasteiger partial charge in [-0.1, -0.05) is 25.1 Å². The lowest BCUT2D eigenvalue weighted by Crippen LogP contribution is -2.49. The van der Waals surface area contributed by atoms with Gasteiger partial charge in [0.05, 0.1) is 13.8 Å². The van der Waals surface area contributed by atoms with Crippen LogP contribution >= 0.6 is 0 Å². The van der Waals surface area contributed by atoms with Crippen LogP contribution in [0.15, 0.2) is 42.5 Å². The highest BCUT2D eigenvalue weighted by atomic mass is 19.1. The van der Waals surface area contributed by atoms with Crippen molar-refractivity contribution in [2.75, 3.05) is 40.0 Å². The number of rotatable bonds is 7. The first kappa shape index (κ1) is 19.3. The van der Waals surface area contributed by atoms with Crippen molar-refractivity contribution in [3.05, 3.63) is 59.2 Å². The average Bonchev–Trinajstić information content (AvgIpc) is 2.70. The normalized spacial score (nSPS) is 22.4. The Hall–Kier alpha value is -2.07. The maximum absolute atomic E-state index is 12.5. The summed E-state index contributed by atoms with van der Waals surface area (Å²) in [5, 5.41) is 0. The third-order valence-corrected chi connectivity index (χ3v) is 6.29. The van der Waals surface area contributed by atoms with Crippen molar-refractivity contribution in [1.82, 2.24) is 4.90 Å². The fourth-order valence-electron chi connectivity index (χ4n) is 4.61. The van der Waals surface area contributed by atoms with Gasteiger partial charge >= 0.3 is 0 Å². The molecule has 4 heteroatoms. The molecule has 3 nitrogen and oxygen atoms in total. The summed E-state index contributed by atoms with van der Waals surface area (Å²) in [6, 6.07) is 15.1. The van der Waals surface area contributed by atoms with E-state index in [2.05, 4.69) is 54.3 Å². The van der Waals surface area contributed by atoms with E-state index in [1.807, 2.05) is 0 Å². The summed E-state index contributed by atoms with van der Waals surface area (Å²) >= 11 is 0. The van der Waals surface area contributed by atoms with Crippen molar-refractivity contribution in [3.63, 3.8) is 0 Å². The fraction of sp³-hybridized carbons (Fsp3) is 0.500. The van der Waals surface area contributed by atoms with Crippen LogP contribution in [0.25, 0.3) is 0 Å². The van der Waals surface area contributed by atoms with Crippen LogP contribution in [0.3, 0.4) is 0 Å². The van der Waals surface area contributed by atoms with Crippen molar-refractivity contribution < 1.29 is 13.9 Å². The summed E-state index contributed by atoms with van der Waals surface area (Å²) < 4.78 is 23.8. The number of alkyl halides is 1. The quantitative estimate of drug-likeness (QED) is 0.692. The largest absolute Gasteiger partial charge is 0.497 e. The minimum Gasteiger partial charge on any atom is -0.497 e. The Morgan fingerprint density at radius 3 is 2.54 bits per heavy atom. The van der Waals surface area contributed by atoms with Gasteiger partial charge in [-0.15, -0.1) is 0 Å². The van der Waals surface area contributed by atoms with Crippen LogP contribution in [-0.2, 0) is 6.42 Å². The first-order valence-electron chi connectivity index (χ1n) is 10.4. The Morgan fingerprint density at radius 2 is 1.82 bits per heavy atom. The molecule has 1 aliphatic carbocycles. The molecule has 1 aliphatic heterocycles. The zero-order valence-corrected chi connectivity index (χ0v) is 16.9. The van der Waals surface area contributed by atoms with Gasteiger partial charge in [-0.2, -0.15) is 0 Å². The van der Waals surface area contributed by atoms with Crippen LogP contribution in [0, 0.1) is 11.8 Å². The lowest BCUT2D eigenvalue weighted by Gasteiger charge is -2.37. The molecule has 0 unspecified atom stereocenters. The molecule has 0 saturated carbocycles. The highest BCUT2D eigenvalue weighted by molar-refractivity contribution is 5.45. The summed E-state index contributed by atoms with van der Waals surface area (Å²) in [7, 11) is 1.73. The standard InChI is InChI=1S/C24H30FNO2/c1-17-3-4-20-13-22(27-2)9-10-23(20)24(17)19-5-7-21(8-6-19)28-12-11-26-15-18(14-25)16-26/h5-10,13,17-18,24H,3-4,11-12,14-16H2,1-2H3/t17-,24+/m0/s1. The number of methoxy groups -OCH3 is 1. The van der Waals surface area contributed by atoms with Crippen molar-refractivity contribution >= 4 is 0 Å². The highest BCUT2D eigenvalue weighted by Gasteiger charge is 2.28. The molecule has 1 heterocycles. The van der Waals surface area contributed by atoms with E-state index >= 15 is 0 Å². The molecule has 1 saturated heterocycles. The van der Waals surface area contributed by atoms with Crippen molar-refractivity contribution in [1.29, 1.82) is 0 Å². The number of hydrogen-bond acceptors (Lipinski definition) is 3. The van der Waals surface area contributed by atoms with Crippen molar-refractivity contribution in [2.24, 2.45) is 11.8 Å². The van der Waals surface area contributed by atoms with Crippen LogP contribution in [0.5, 0.6) is 11.5 Å². The lowest BCUT2D eigenvalue weighted by molar-refractivity contribution is 0.0668. The molecule has 0 aromatic heterocycles. The van der Waals surface area contributed by atoms with Gasteiger partial charge in [-0.25, -0.2) is 0 Å². The van der Waals surface area contributed by atoms with Gasteiger partial charge in [0.25, 0.3) is 0 Å². The molecule has 1 fully saturated rings. The summed E-state index contributed by atoms with van der Waals surface area (Å²) in [6.45, 7) is 5.40. The molecule has 150 valence electrons. The Kier molecular flexibility index (Phi) is 5.86. The predicted octanol–water partition coefficient (Wildman–Crippen LogP) is 4.69. The van der Waals surface area contributed by atoms with Crippen LogP contribution in [0.4, 0.5) is 4.39 Å². The lowest BCUT2D eigenvalue weighted by atomic mass is 9.72. The molecule has 0 radical (unpaired) electrons. The van der Waals surface area contributed by atoms with Crippen LogP contribution < -0.4 is 9.47 Å².